The van der Waals surface area contributed by atoms with Gasteiger partial charge >= 0.3 is 5.97 Å². The summed E-state index contributed by atoms with van der Waals surface area (Å²) in [4.78, 5) is 33.0. The molecule has 1 aliphatic heterocycles. The number of nitriles is 1. The molecule has 2 amide bonds. The molecule has 0 aliphatic carbocycles. The number of hydrogen-bond donors (Lipinski definition) is 2. The Labute approximate surface area is 85.4 Å². The average molecular weight is 211 g/mol. The molecular formula is C8H9N3O4. The lowest BCUT2D eigenvalue weighted by atomic mass is 9.99. The lowest BCUT2D eigenvalue weighted by Gasteiger charge is -2.34. The van der Waals surface area contributed by atoms with Crippen molar-refractivity contribution in [3.05, 3.63) is 0 Å². The predicted molar refractivity (Wildman–Crippen MR) is 46.1 cm³/mol. The first-order chi connectivity index (χ1) is 7.10. The van der Waals surface area contributed by atoms with E-state index in [1.54, 1.807) is 6.07 Å². The van der Waals surface area contributed by atoms with Crippen LogP contribution in [0, 0.1) is 11.3 Å². The van der Waals surface area contributed by atoms with E-state index in [1.807, 2.05) is 0 Å². The van der Waals surface area contributed by atoms with E-state index in [9.17, 15) is 14.4 Å². The molecule has 1 heterocycles. The minimum atomic E-state index is -0.932. The lowest BCUT2D eigenvalue weighted by molar-refractivity contribution is -0.153. The Balaban J connectivity index is 2.53. The summed E-state index contributed by atoms with van der Waals surface area (Å²) in [6.45, 7) is 0. The van der Waals surface area contributed by atoms with Gasteiger partial charge in [-0.25, -0.2) is 4.79 Å². The Morgan fingerprint density at radius 3 is 2.80 bits per heavy atom. The van der Waals surface area contributed by atoms with Crippen molar-refractivity contribution in [2.24, 2.45) is 0 Å². The molecule has 1 fully saturated rings. The molecule has 1 rings (SSSR count). The molecule has 0 radical (unpaired) electrons. The van der Waals surface area contributed by atoms with Gasteiger partial charge in [0.05, 0.1) is 13.2 Å². The number of hydrogen-bond acceptors (Lipinski definition) is 5. The standard InChI is InChI=1S/C8H9N3O4/c1-15-8(14)6-5(7(13)11-6)10-4(12)2-3-9/h5-6H,2H2,1H3,(H,10,12)(H,11,13). The zero-order chi connectivity index (χ0) is 11.4. The zero-order valence-corrected chi connectivity index (χ0v) is 7.94. The fraction of sp³-hybridized carbons (Fsp3) is 0.500. The largest absolute Gasteiger partial charge is 0.467 e. The van der Waals surface area contributed by atoms with Crippen molar-refractivity contribution in [1.82, 2.24) is 10.6 Å². The Kier molecular flexibility index (Phi) is 3.23. The maximum atomic E-state index is 11.0. The van der Waals surface area contributed by atoms with E-state index in [2.05, 4.69) is 15.4 Å². The normalized spacial score (nSPS) is 23.1. The van der Waals surface area contributed by atoms with Crippen molar-refractivity contribution in [3.8, 4) is 6.07 Å². The van der Waals surface area contributed by atoms with Gasteiger partial charge in [0, 0.05) is 0 Å². The number of carbonyl (C=O) groups excluding carboxylic acids is 3. The molecule has 2 atom stereocenters. The molecule has 7 heteroatoms. The van der Waals surface area contributed by atoms with Gasteiger partial charge in [0.15, 0.2) is 6.04 Å². The van der Waals surface area contributed by atoms with Gasteiger partial charge in [-0.15, -0.1) is 0 Å². The molecule has 7 nitrogen and oxygen atoms in total. The van der Waals surface area contributed by atoms with Crippen LogP contribution in [0.25, 0.3) is 0 Å². The van der Waals surface area contributed by atoms with E-state index in [4.69, 9.17) is 5.26 Å². The number of ether oxygens (including phenoxy) is 1. The van der Waals surface area contributed by atoms with Crippen LogP contribution >= 0.6 is 0 Å². The molecular weight excluding hydrogens is 202 g/mol. The summed E-state index contributed by atoms with van der Waals surface area (Å²) in [5.74, 6) is -1.68. The van der Waals surface area contributed by atoms with Crippen molar-refractivity contribution < 1.29 is 19.1 Å². The summed E-state index contributed by atoms with van der Waals surface area (Å²) in [6, 6.07) is -0.155. The molecule has 0 aromatic rings. The average Bonchev–Trinajstić information content (AvgIpc) is 2.22. The molecule has 1 aliphatic rings. The smallest absolute Gasteiger partial charge is 0.331 e. The van der Waals surface area contributed by atoms with Gasteiger partial charge in [-0.3, -0.25) is 9.59 Å². The third-order valence-electron chi connectivity index (χ3n) is 1.92. The first-order valence-electron chi connectivity index (χ1n) is 4.14. The molecule has 15 heavy (non-hydrogen) atoms. The SMILES string of the molecule is COC(=O)C1NC(=O)C1NC(=O)CC#N. The summed E-state index contributed by atoms with van der Waals surface area (Å²) in [6.07, 6.45) is -0.350. The predicted octanol–water partition coefficient (Wildman–Crippen LogP) is -1.94. The van der Waals surface area contributed by atoms with Crippen LogP contribution in [0.4, 0.5) is 0 Å². The Morgan fingerprint density at radius 1 is 1.67 bits per heavy atom. The number of amides is 2. The summed E-state index contributed by atoms with van der Waals surface area (Å²) in [7, 11) is 1.18. The third kappa shape index (κ3) is 2.22. The quantitative estimate of drug-likeness (QED) is 0.417. The van der Waals surface area contributed by atoms with E-state index in [0.717, 1.165) is 0 Å². The topological polar surface area (TPSA) is 108 Å². The van der Waals surface area contributed by atoms with E-state index in [-0.39, 0.29) is 6.42 Å². The summed E-state index contributed by atoms with van der Waals surface area (Å²) in [5.41, 5.74) is 0. The zero-order valence-electron chi connectivity index (χ0n) is 7.94. The van der Waals surface area contributed by atoms with Gasteiger partial charge in [0.2, 0.25) is 11.8 Å². The molecule has 80 valence electrons. The fourth-order valence-corrected chi connectivity index (χ4v) is 1.15. The van der Waals surface area contributed by atoms with E-state index < -0.39 is 29.9 Å². The van der Waals surface area contributed by atoms with Gasteiger partial charge in [0.25, 0.3) is 0 Å². The molecule has 2 unspecified atom stereocenters. The van der Waals surface area contributed by atoms with Gasteiger partial charge in [-0.2, -0.15) is 5.26 Å². The Bertz CT molecular complexity index is 346. The van der Waals surface area contributed by atoms with E-state index in [1.165, 1.54) is 7.11 Å². The fourth-order valence-electron chi connectivity index (χ4n) is 1.15. The second-order valence-corrected chi connectivity index (χ2v) is 2.89. The molecule has 0 spiro atoms. The summed E-state index contributed by atoms with van der Waals surface area (Å²) >= 11 is 0. The van der Waals surface area contributed by atoms with Crippen LogP contribution in [-0.4, -0.2) is 37.0 Å². The number of nitrogens with one attached hydrogen (secondary N) is 2. The van der Waals surface area contributed by atoms with Crippen LogP contribution in [0.2, 0.25) is 0 Å². The molecule has 0 saturated carbocycles. The van der Waals surface area contributed by atoms with E-state index >= 15 is 0 Å². The molecule has 0 bridgehead atoms. The van der Waals surface area contributed by atoms with Crippen molar-refractivity contribution >= 4 is 17.8 Å². The number of nitrogens with zero attached hydrogens (tertiary/aromatic N) is 1. The number of β-lactam (4-membered cyclic amide) rings is 1. The van der Waals surface area contributed by atoms with Gasteiger partial charge in [-0.05, 0) is 0 Å². The summed E-state index contributed by atoms with van der Waals surface area (Å²) in [5, 5.41) is 12.8. The monoisotopic (exact) mass is 211 g/mol. The first kappa shape index (κ1) is 11.0. The summed E-state index contributed by atoms with van der Waals surface area (Å²) < 4.78 is 4.40. The second-order valence-electron chi connectivity index (χ2n) is 2.89. The number of methoxy groups -OCH3 is 1. The van der Waals surface area contributed by atoms with Crippen molar-refractivity contribution in [3.63, 3.8) is 0 Å². The van der Waals surface area contributed by atoms with Crippen LogP contribution in [0.15, 0.2) is 0 Å². The Morgan fingerprint density at radius 2 is 2.33 bits per heavy atom. The Hall–Kier alpha value is -2.10. The molecule has 0 aromatic heterocycles. The van der Waals surface area contributed by atoms with Crippen LogP contribution in [0.3, 0.4) is 0 Å². The van der Waals surface area contributed by atoms with Crippen LogP contribution in [0.5, 0.6) is 0 Å². The van der Waals surface area contributed by atoms with Crippen LogP contribution in [0.1, 0.15) is 6.42 Å². The highest BCUT2D eigenvalue weighted by atomic mass is 16.5. The first-order valence-corrected chi connectivity index (χ1v) is 4.14. The van der Waals surface area contributed by atoms with Crippen molar-refractivity contribution in [2.75, 3.05) is 7.11 Å². The van der Waals surface area contributed by atoms with Gasteiger partial charge in [-0.1, -0.05) is 0 Å². The van der Waals surface area contributed by atoms with E-state index in [0.29, 0.717) is 0 Å². The minimum Gasteiger partial charge on any atom is -0.467 e. The second kappa shape index (κ2) is 4.41. The maximum Gasteiger partial charge on any atom is 0.331 e. The van der Waals surface area contributed by atoms with Gasteiger partial charge < -0.3 is 15.4 Å². The van der Waals surface area contributed by atoms with Crippen LogP contribution < -0.4 is 10.6 Å². The van der Waals surface area contributed by atoms with Crippen molar-refractivity contribution in [2.45, 2.75) is 18.5 Å². The molecule has 1 saturated heterocycles. The van der Waals surface area contributed by atoms with Crippen LogP contribution in [-0.2, 0) is 19.1 Å². The van der Waals surface area contributed by atoms with Crippen molar-refractivity contribution in [1.29, 1.82) is 5.26 Å². The molecule has 2 N–H and O–H groups in total. The molecule has 0 aromatic carbocycles. The highest BCUT2D eigenvalue weighted by Gasteiger charge is 2.45. The van der Waals surface area contributed by atoms with Gasteiger partial charge in [0.1, 0.15) is 12.5 Å². The maximum absolute atomic E-state index is 11.0. The number of carbonyl (C=O) groups is 3. The highest BCUT2D eigenvalue weighted by Crippen LogP contribution is 2.07. The number of esters is 1. The lowest BCUT2D eigenvalue weighted by Crippen LogP contribution is -2.72. The minimum absolute atomic E-state index is 0.350. The third-order valence-corrected chi connectivity index (χ3v) is 1.92. The number of rotatable bonds is 3. The highest BCUT2D eigenvalue weighted by molar-refractivity contribution is 6.02.